The number of hydrogen-bond acceptors (Lipinski definition) is 4. The van der Waals surface area contributed by atoms with Crippen LogP contribution in [0.3, 0.4) is 0 Å². The molecule has 0 unspecified atom stereocenters. The van der Waals surface area contributed by atoms with Crippen LogP contribution < -0.4 is 5.32 Å². The lowest BCUT2D eigenvalue weighted by molar-refractivity contribution is 0.0941. The summed E-state index contributed by atoms with van der Waals surface area (Å²) < 4.78 is 0. The first-order valence-electron chi connectivity index (χ1n) is 7.63. The second-order valence-electron chi connectivity index (χ2n) is 6.06. The number of carbonyl (C=O) groups excluding carboxylic acids is 1. The molecule has 0 radical (unpaired) electrons. The molecular weight excluding hydrogens is 254 g/mol. The molecular formula is C14H23N5O. The van der Waals surface area contributed by atoms with E-state index in [-0.39, 0.29) is 5.91 Å². The fourth-order valence-corrected chi connectivity index (χ4v) is 3.45. The summed E-state index contributed by atoms with van der Waals surface area (Å²) >= 11 is 0. The van der Waals surface area contributed by atoms with E-state index in [1.807, 2.05) is 0 Å². The Balaban J connectivity index is 1.45. The number of aryl methyl sites for hydroxylation is 1. The van der Waals surface area contributed by atoms with Crippen molar-refractivity contribution in [2.75, 3.05) is 19.6 Å². The molecule has 2 N–H and O–H groups in total. The van der Waals surface area contributed by atoms with Gasteiger partial charge in [0.1, 0.15) is 0 Å². The Labute approximate surface area is 119 Å². The summed E-state index contributed by atoms with van der Waals surface area (Å²) in [5, 5.41) is 13.2. The van der Waals surface area contributed by atoms with Gasteiger partial charge < -0.3 is 10.2 Å². The Bertz CT molecular complexity index is 466. The van der Waals surface area contributed by atoms with Crippen LogP contribution in [-0.4, -0.2) is 51.9 Å². The first-order valence-corrected chi connectivity index (χ1v) is 7.63. The number of aromatic amines is 1. The normalized spacial score (nSPS) is 24.4. The summed E-state index contributed by atoms with van der Waals surface area (Å²) in [5.74, 6) is 0.460. The lowest BCUT2D eigenvalue weighted by Gasteiger charge is -2.23. The monoisotopic (exact) mass is 277 g/mol. The fraction of sp³-hybridized carbons (Fsp3) is 0.786. The molecule has 1 aromatic heterocycles. The molecule has 1 aliphatic heterocycles. The topological polar surface area (TPSA) is 73.9 Å². The molecule has 1 aliphatic carbocycles. The molecule has 1 saturated heterocycles. The van der Waals surface area contributed by atoms with E-state index in [1.54, 1.807) is 6.92 Å². The molecule has 1 amide bonds. The van der Waals surface area contributed by atoms with Crippen LogP contribution in [0.4, 0.5) is 0 Å². The number of hydrogen-bond donors (Lipinski definition) is 2. The quantitative estimate of drug-likeness (QED) is 0.864. The van der Waals surface area contributed by atoms with Crippen LogP contribution in [0.1, 0.15) is 48.3 Å². The zero-order valence-corrected chi connectivity index (χ0v) is 12.1. The maximum absolute atomic E-state index is 12.0. The summed E-state index contributed by atoms with van der Waals surface area (Å²) in [6.07, 6.45) is 6.67. The van der Waals surface area contributed by atoms with Crippen LogP contribution in [0.25, 0.3) is 0 Å². The van der Waals surface area contributed by atoms with Gasteiger partial charge in [0.05, 0.1) is 5.69 Å². The summed E-state index contributed by atoms with van der Waals surface area (Å²) in [6.45, 7) is 4.85. The number of nitrogens with one attached hydrogen (secondary N) is 2. The zero-order valence-electron chi connectivity index (χ0n) is 12.1. The number of likely N-dealkylation sites (tertiary alicyclic amines) is 1. The van der Waals surface area contributed by atoms with Gasteiger partial charge in [0.25, 0.3) is 5.91 Å². The van der Waals surface area contributed by atoms with E-state index in [2.05, 4.69) is 25.6 Å². The minimum Gasteiger partial charge on any atom is -0.350 e. The SMILES string of the molecule is Cc1n[nH]nc1C(=O)NC[C@H]1CCN(C2CCCC2)C1. The molecule has 0 spiro atoms. The highest BCUT2D eigenvalue weighted by molar-refractivity contribution is 5.93. The van der Waals surface area contributed by atoms with Crippen molar-refractivity contribution >= 4 is 5.91 Å². The predicted octanol–water partition coefficient (Wildman–Crippen LogP) is 1.11. The number of rotatable bonds is 4. The smallest absolute Gasteiger partial charge is 0.273 e. The summed E-state index contributed by atoms with van der Waals surface area (Å²) in [6, 6.07) is 0.800. The number of H-pyrrole nitrogens is 1. The van der Waals surface area contributed by atoms with Crippen LogP contribution in [0.15, 0.2) is 0 Å². The molecule has 1 atom stereocenters. The van der Waals surface area contributed by atoms with E-state index in [4.69, 9.17) is 0 Å². The third kappa shape index (κ3) is 2.85. The van der Waals surface area contributed by atoms with Gasteiger partial charge in [0.15, 0.2) is 5.69 Å². The zero-order chi connectivity index (χ0) is 13.9. The Kier molecular flexibility index (Phi) is 4.00. The average Bonchev–Trinajstić information content (AvgIpc) is 3.16. The first kappa shape index (κ1) is 13.5. The molecule has 2 heterocycles. The average molecular weight is 277 g/mol. The minimum atomic E-state index is -0.115. The lowest BCUT2D eigenvalue weighted by atomic mass is 10.1. The molecule has 3 rings (SSSR count). The molecule has 6 nitrogen and oxygen atoms in total. The van der Waals surface area contributed by atoms with Gasteiger partial charge in [-0.1, -0.05) is 12.8 Å². The third-order valence-electron chi connectivity index (χ3n) is 4.65. The highest BCUT2D eigenvalue weighted by Crippen LogP contribution is 2.28. The van der Waals surface area contributed by atoms with Crippen LogP contribution >= 0.6 is 0 Å². The number of nitrogens with zero attached hydrogens (tertiary/aromatic N) is 3. The van der Waals surface area contributed by atoms with E-state index in [0.29, 0.717) is 17.3 Å². The highest BCUT2D eigenvalue weighted by Gasteiger charge is 2.30. The van der Waals surface area contributed by atoms with Crippen LogP contribution in [-0.2, 0) is 0 Å². The Hall–Kier alpha value is -1.43. The van der Waals surface area contributed by atoms with Crippen LogP contribution in [0, 0.1) is 12.8 Å². The van der Waals surface area contributed by atoms with E-state index in [0.717, 1.165) is 19.1 Å². The molecule has 2 fully saturated rings. The van der Waals surface area contributed by atoms with Crippen molar-refractivity contribution in [2.24, 2.45) is 5.92 Å². The molecule has 0 bridgehead atoms. The molecule has 20 heavy (non-hydrogen) atoms. The van der Waals surface area contributed by atoms with E-state index < -0.39 is 0 Å². The van der Waals surface area contributed by atoms with Crippen molar-refractivity contribution in [1.82, 2.24) is 25.6 Å². The maximum Gasteiger partial charge on any atom is 0.273 e. The van der Waals surface area contributed by atoms with Gasteiger partial charge in [-0.2, -0.15) is 15.4 Å². The Morgan fingerprint density at radius 1 is 1.35 bits per heavy atom. The summed E-state index contributed by atoms with van der Waals surface area (Å²) in [5.41, 5.74) is 1.07. The Morgan fingerprint density at radius 2 is 2.15 bits per heavy atom. The van der Waals surface area contributed by atoms with E-state index >= 15 is 0 Å². The van der Waals surface area contributed by atoms with Gasteiger partial charge >= 0.3 is 0 Å². The van der Waals surface area contributed by atoms with Crippen molar-refractivity contribution < 1.29 is 4.79 Å². The first-order chi connectivity index (χ1) is 9.74. The van der Waals surface area contributed by atoms with Gasteiger partial charge in [-0.3, -0.25) is 4.79 Å². The largest absolute Gasteiger partial charge is 0.350 e. The molecule has 0 aromatic carbocycles. The minimum absolute atomic E-state index is 0.115. The molecule has 1 aromatic rings. The van der Waals surface area contributed by atoms with Crippen LogP contribution in [0.2, 0.25) is 0 Å². The van der Waals surface area contributed by atoms with Crippen molar-refractivity contribution in [1.29, 1.82) is 0 Å². The molecule has 1 saturated carbocycles. The lowest BCUT2D eigenvalue weighted by Crippen LogP contribution is -2.34. The van der Waals surface area contributed by atoms with Crippen molar-refractivity contribution in [3.63, 3.8) is 0 Å². The number of aromatic nitrogens is 3. The molecule has 110 valence electrons. The highest BCUT2D eigenvalue weighted by atomic mass is 16.2. The van der Waals surface area contributed by atoms with Gasteiger partial charge in [-0.25, -0.2) is 0 Å². The van der Waals surface area contributed by atoms with Gasteiger partial charge in [-0.15, -0.1) is 0 Å². The summed E-state index contributed by atoms with van der Waals surface area (Å²) in [4.78, 5) is 14.6. The van der Waals surface area contributed by atoms with E-state index in [9.17, 15) is 4.79 Å². The second kappa shape index (κ2) is 5.91. The number of carbonyl (C=O) groups is 1. The van der Waals surface area contributed by atoms with Crippen molar-refractivity contribution in [2.45, 2.75) is 45.1 Å². The van der Waals surface area contributed by atoms with E-state index in [1.165, 1.54) is 38.6 Å². The predicted molar refractivity (Wildman–Crippen MR) is 75.4 cm³/mol. The number of amides is 1. The molecule has 2 aliphatic rings. The van der Waals surface area contributed by atoms with Gasteiger partial charge in [-0.05, 0) is 38.6 Å². The molecule has 6 heteroatoms. The third-order valence-corrected chi connectivity index (χ3v) is 4.65. The summed E-state index contributed by atoms with van der Waals surface area (Å²) in [7, 11) is 0. The van der Waals surface area contributed by atoms with Crippen molar-refractivity contribution in [3.8, 4) is 0 Å². The van der Waals surface area contributed by atoms with Crippen LogP contribution in [0.5, 0.6) is 0 Å². The van der Waals surface area contributed by atoms with Gasteiger partial charge in [0, 0.05) is 19.1 Å². The fourth-order valence-electron chi connectivity index (χ4n) is 3.45. The Morgan fingerprint density at radius 3 is 2.85 bits per heavy atom. The second-order valence-corrected chi connectivity index (χ2v) is 6.06. The van der Waals surface area contributed by atoms with Gasteiger partial charge in [0.2, 0.25) is 0 Å². The standard InChI is InChI=1S/C14H23N5O/c1-10-13(17-18-16-10)14(20)15-8-11-6-7-19(9-11)12-4-2-3-5-12/h11-12H,2-9H2,1H3,(H,15,20)(H,16,17,18)/t11-/m1/s1. The van der Waals surface area contributed by atoms with Crippen molar-refractivity contribution in [3.05, 3.63) is 11.4 Å². The maximum atomic E-state index is 12.0.